The van der Waals surface area contributed by atoms with Crippen molar-refractivity contribution in [2.24, 2.45) is 5.73 Å². The number of rotatable bonds is 3. The number of halogens is 1. The minimum Gasteiger partial charge on any atom is -0.365 e. The Morgan fingerprint density at radius 2 is 1.89 bits per heavy atom. The van der Waals surface area contributed by atoms with E-state index in [4.69, 9.17) is 5.73 Å². The average molecular weight is 252 g/mol. The van der Waals surface area contributed by atoms with Crippen molar-refractivity contribution >= 4 is 11.6 Å². The summed E-state index contributed by atoms with van der Waals surface area (Å²) in [5.41, 5.74) is 6.34. The van der Waals surface area contributed by atoms with E-state index in [1.807, 2.05) is 6.92 Å². The van der Waals surface area contributed by atoms with Crippen molar-refractivity contribution in [3.8, 4) is 0 Å². The second kappa shape index (κ2) is 5.35. The molecule has 0 spiro atoms. The van der Waals surface area contributed by atoms with Gasteiger partial charge in [0.25, 0.3) is 5.91 Å². The first-order valence-corrected chi connectivity index (χ1v) is 6.22. The average Bonchev–Trinajstić information content (AvgIpc) is 2.39. The summed E-state index contributed by atoms with van der Waals surface area (Å²) in [6, 6.07) is 6.39. The van der Waals surface area contributed by atoms with Crippen molar-refractivity contribution in [3.63, 3.8) is 0 Å². The van der Waals surface area contributed by atoms with Crippen molar-refractivity contribution in [1.82, 2.24) is 0 Å². The number of quaternary nitrogens is 1. The summed E-state index contributed by atoms with van der Waals surface area (Å²) in [6.45, 7) is 5.34. The lowest BCUT2D eigenvalue weighted by Crippen LogP contribution is -3.19. The van der Waals surface area contributed by atoms with Gasteiger partial charge in [-0.05, 0) is 31.2 Å². The van der Waals surface area contributed by atoms with Gasteiger partial charge in [0.1, 0.15) is 5.82 Å². The molecule has 1 aliphatic heterocycles. The number of amides is 1. The van der Waals surface area contributed by atoms with Gasteiger partial charge in [-0.2, -0.15) is 0 Å². The second-order valence-electron chi connectivity index (χ2n) is 4.75. The Labute approximate surface area is 106 Å². The van der Waals surface area contributed by atoms with Crippen LogP contribution in [0, 0.1) is 5.82 Å². The molecule has 3 N–H and O–H groups in total. The lowest BCUT2D eigenvalue weighted by Gasteiger charge is -2.35. The lowest BCUT2D eigenvalue weighted by molar-refractivity contribution is -0.914. The molecule has 1 heterocycles. The van der Waals surface area contributed by atoms with E-state index in [9.17, 15) is 9.18 Å². The van der Waals surface area contributed by atoms with E-state index in [0.717, 1.165) is 31.9 Å². The zero-order valence-corrected chi connectivity index (χ0v) is 10.5. The molecule has 98 valence electrons. The highest BCUT2D eigenvalue weighted by molar-refractivity contribution is 5.77. The van der Waals surface area contributed by atoms with Crippen LogP contribution in [0.4, 0.5) is 10.1 Å². The van der Waals surface area contributed by atoms with Crippen molar-refractivity contribution in [3.05, 3.63) is 30.1 Å². The fraction of sp³-hybridized carbons (Fsp3) is 0.462. The van der Waals surface area contributed by atoms with E-state index in [1.165, 1.54) is 17.0 Å². The summed E-state index contributed by atoms with van der Waals surface area (Å²) in [4.78, 5) is 14.6. The van der Waals surface area contributed by atoms with Crippen LogP contribution in [0.3, 0.4) is 0 Å². The molecule has 0 radical (unpaired) electrons. The molecule has 18 heavy (non-hydrogen) atoms. The number of nitrogens with zero attached hydrogens (tertiary/aromatic N) is 1. The highest BCUT2D eigenvalue weighted by atomic mass is 19.1. The molecule has 1 aromatic carbocycles. The zero-order valence-electron chi connectivity index (χ0n) is 10.5. The minimum absolute atomic E-state index is 0.139. The predicted octanol–water partition coefficient (Wildman–Crippen LogP) is -0.596. The molecule has 1 amide bonds. The number of hydrogen-bond donors (Lipinski definition) is 2. The monoisotopic (exact) mass is 252 g/mol. The van der Waals surface area contributed by atoms with E-state index in [0.29, 0.717) is 0 Å². The van der Waals surface area contributed by atoms with Gasteiger partial charge in [-0.25, -0.2) is 4.39 Å². The molecule has 1 saturated heterocycles. The number of carbonyl (C=O) groups excluding carboxylic acids is 1. The molecule has 0 bridgehead atoms. The van der Waals surface area contributed by atoms with Crippen molar-refractivity contribution in [2.75, 3.05) is 31.1 Å². The smallest absolute Gasteiger partial charge is 0.275 e. The Morgan fingerprint density at radius 1 is 1.33 bits per heavy atom. The lowest BCUT2D eigenvalue weighted by atomic mass is 10.2. The van der Waals surface area contributed by atoms with Gasteiger partial charge < -0.3 is 15.5 Å². The first-order chi connectivity index (χ1) is 8.58. The standard InChI is InChI=1S/C13H18FN3O/c1-10(13(15)18)16-6-8-17(9-7-16)12-4-2-11(14)3-5-12/h2-5,10H,6-9H2,1H3,(H2,15,18)/p+1/t10-/m0/s1. The molecular weight excluding hydrogens is 233 g/mol. The van der Waals surface area contributed by atoms with Gasteiger partial charge >= 0.3 is 0 Å². The summed E-state index contributed by atoms with van der Waals surface area (Å²) in [5, 5.41) is 0. The van der Waals surface area contributed by atoms with E-state index < -0.39 is 0 Å². The number of hydrogen-bond acceptors (Lipinski definition) is 2. The maximum atomic E-state index is 12.8. The molecule has 1 aromatic rings. The van der Waals surface area contributed by atoms with Crippen LogP contribution >= 0.6 is 0 Å². The van der Waals surface area contributed by atoms with Gasteiger partial charge in [-0.3, -0.25) is 4.79 Å². The van der Waals surface area contributed by atoms with Crippen LogP contribution < -0.4 is 15.5 Å². The molecule has 0 saturated carbocycles. The first kappa shape index (κ1) is 12.8. The second-order valence-corrected chi connectivity index (χ2v) is 4.75. The maximum absolute atomic E-state index is 12.8. The number of anilines is 1. The third-order valence-electron chi connectivity index (χ3n) is 3.64. The molecule has 0 unspecified atom stereocenters. The van der Waals surface area contributed by atoms with Gasteiger partial charge in [0.2, 0.25) is 0 Å². The maximum Gasteiger partial charge on any atom is 0.275 e. The number of carbonyl (C=O) groups is 1. The van der Waals surface area contributed by atoms with E-state index in [2.05, 4.69) is 4.90 Å². The van der Waals surface area contributed by atoms with Crippen molar-refractivity contribution in [1.29, 1.82) is 0 Å². The van der Waals surface area contributed by atoms with E-state index in [-0.39, 0.29) is 17.8 Å². The Kier molecular flexibility index (Phi) is 3.81. The molecule has 1 atom stereocenters. The fourth-order valence-electron chi connectivity index (χ4n) is 2.34. The van der Waals surface area contributed by atoms with Gasteiger partial charge in [0, 0.05) is 5.69 Å². The number of nitrogens with two attached hydrogens (primary N) is 1. The Morgan fingerprint density at radius 3 is 2.39 bits per heavy atom. The third kappa shape index (κ3) is 2.79. The van der Waals surface area contributed by atoms with Crippen LogP contribution in [0.15, 0.2) is 24.3 Å². The van der Waals surface area contributed by atoms with Crippen LogP contribution in [0.1, 0.15) is 6.92 Å². The number of piperazine rings is 1. The van der Waals surface area contributed by atoms with Crippen LogP contribution in [-0.2, 0) is 4.79 Å². The molecule has 0 aliphatic carbocycles. The third-order valence-corrected chi connectivity index (χ3v) is 3.64. The molecular formula is C13H19FN3O+. The molecule has 0 aromatic heterocycles. The van der Waals surface area contributed by atoms with E-state index >= 15 is 0 Å². The number of benzene rings is 1. The van der Waals surface area contributed by atoms with Crippen LogP contribution in [-0.4, -0.2) is 38.1 Å². The van der Waals surface area contributed by atoms with Crippen LogP contribution in [0.5, 0.6) is 0 Å². The quantitative estimate of drug-likeness (QED) is 0.755. The summed E-state index contributed by atoms with van der Waals surface area (Å²) in [5.74, 6) is -0.467. The molecule has 1 aliphatic rings. The van der Waals surface area contributed by atoms with Crippen molar-refractivity contribution in [2.45, 2.75) is 13.0 Å². The fourth-order valence-corrected chi connectivity index (χ4v) is 2.34. The van der Waals surface area contributed by atoms with E-state index in [1.54, 1.807) is 12.1 Å². The SMILES string of the molecule is C[C@@H](C(N)=O)[NH+]1CCN(c2ccc(F)cc2)CC1. The molecule has 2 rings (SSSR count). The normalized spacial score (nSPS) is 18.7. The Hall–Kier alpha value is -1.62. The molecule has 5 heteroatoms. The zero-order chi connectivity index (χ0) is 13.1. The number of primary amides is 1. The van der Waals surface area contributed by atoms with Crippen LogP contribution in [0.2, 0.25) is 0 Å². The van der Waals surface area contributed by atoms with Gasteiger partial charge in [0.15, 0.2) is 6.04 Å². The summed E-state index contributed by atoms with van der Waals surface area (Å²) in [7, 11) is 0. The Balaban J connectivity index is 1.94. The highest BCUT2D eigenvalue weighted by Crippen LogP contribution is 2.14. The first-order valence-electron chi connectivity index (χ1n) is 6.22. The van der Waals surface area contributed by atoms with Gasteiger partial charge in [0.05, 0.1) is 26.2 Å². The van der Waals surface area contributed by atoms with Crippen molar-refractivity contribution < 1.29 is 14.1 Å². The van der Waals surface area contributed by atoms with Crippen LogP contribution in [0.25, 0.3) is 0 Å². The Bertz CT molecular complexity index is 413. The molecule has 4 nitrogen and oxygen atoms in total. The summed E-state index contributed by atoms with van der Waals surface area (Å²) < 4.78 is 12.8. The predicted molar refractivity (Wildman–Crippen MR) is 68.0 cm³/mol. The summed E-state index contributed by atoms with van der Waals surface area (Å²) >= 11 is 0. The summed E-state index contributed by atoms with van der Waals surface area (Å²) in [6.07, 6.45) is 0. The molecule has 1 fully saturated rings. The van der Waals surface area contributed by atoms with Gasteiger partial charge in [-0.15, -0.1) is 0 Å². The van der Waals surface area contributed by atoms with Gasteiger partial charge in [-0.1, -0.05) is 0 Å². The minimum atomic E-state index is -0.250. The topological polar surface area (TPSA) is 50.8 Å². The highest BCUT2D eigenvalue weighted by Gasteiger charge is 2.27. The largest absolute Gasteiger partial charge is 0.365 e. The number of nitrogens with one attached hydrogen (secondary N) is 1.